The van der Waals surface area contributed by atoms with Crippen LogP contribution in [0.2, 0.25) is 0 Å². The lowest BCUT2D eigenvalue weighted by atomic mass is 10.0. The van der Waals surface area contributed by atoms with Gasteiger partial charge < -0.3 is 9.47 Å². The summed E-state index contributed by atoms with van der Waals surface area (Å²) < 4.78 is 10.7. The third-order valence-corrected chi connectivity index (χ3v) is 7.16. The van der Waals surface area contributed by atoms with Crippen molar-refractivity contribution in [3.8, 4) is 11.1 Å². The van der Waals surface area contributed by atoms with Gasteiger partial charge in [0.2, 0.25) is 0 Å². The number of carbonyl (C=O) groups excluding carboxylic acids is 2. The SMILES string of the molecule is CCCCCCCCCCCCCCCCCOC(=O)c1ccc(-c2ccc(C(C)OC(C)=O)cc2)cc1. The fraction of sp³-hybridized carbons (Fsp3) is 0.588. The Morgan fingerprint density at radius 3 is 1.50 bits per heavy atom. The monoisotopic (exact) mass is 522 g/mol. The van der Waals surface area contributed by atoms with Gasteiger partial charge in [0.25, 0.3) is 0 Å². The molecule has 0 aliphatic heterocycles. The first-order chi connectivity index (χ1) is 18.5. The largest absolute Gasteiger partial charge is 0.462 e. The quantitative estimate of drug-likeness (QED) is 0.128. The van der Waals surface area contributed by atoms with Gasteiger partial charge in [-0.15, -0.1) is 0 Å². The second kappa shape index (κ2) is 19.4. The average molecular weight is 523 g/mol. The van der Waals surface area contributed by atoms with E-state index in [1.807, 2.05) is 55.5 Å². The predicted octanol–water partition coefficient (Wildman–Crippen LogP) is 10.0. The van der Waals surface area contributed by atoms with Gasteiger partial charge in [0.15, 0.2) is 0 Å². The summed E-state index contributed by atoms with van der Waals surface area (Å²) in [6.07, 6.45) is 19.6. The smallest absolute Gasteiger partial charge is 0.338 e. The number of ether oxygens (including phenoxy) is 2. The molecular formula is C34H50O4. The molecule has 0 heterocycles. The van der Waals surface area contributed by atoms with Gasteiger partial charge in [0, 0.05) is 6.92 Å². The van der Waals surface area contributed by atoms with Crippen LogP contribution in [0.15, 0.2) is 48.5 Å². The summed E-state index contributed by atoms with van der Waals surface area (Å²) in [5, 5.41) is 0. The lowest BCUT2D eigenvalue weighted by Gasteiger charge is -2.12. The Labute approximate surface area is 231 Å². The Kier molecular flexibility index (Phi) is 16.2. The summed E-state index contributed by atoms with van der Waals surface area (Å²) in [7, 11) is 0. The molecule has 4 heteroatoms. The Hall–Kier alpha value is -2.62. The van der Waals surface area contributed by atoms with E-state index in [4.69, 9.17) is 9.47 Å². The molecule has 1 unspecified atom stereocenters. The number of esters is 2. The molecule has 0 N–H and O–H groups in total. The van der Waals surface area contributed by atoms with Crippen LogP contribution in [0.5, 0.6) is 0 Å². The maximum Gasteiger partial charge on any atom is 0.338 e. The first-order valence-electron chi connectivity index (χ1n) is 15.1. The van der Waals surface area contributed by atoms with Crippen molar-refractivity contribution in [2.24, 2.45) is 0 Å². The molecule has 0 saturated heterocycles. The maximum absolute atomic E-state index is 12.4. The number of rotatable bonds is 20. The fourth-order valence-corrected chi connectivity index (χ4v) is 4.78. The topological polar surface area (TPSA) is 52.6 Å². The molecule has 0 aliphatic carbocycles. The van der Waals surface area contributed by atoms with Crippen molar-refractivity contribution >= 4 is 11.9 Å². The van der Waals surface area contributed by atoms with Crippen molar-refractivity contribution in [1.82, 2.24) is 0 Å². The molecular weight excluding hydrogens is 472 g/mol. The van der Waals surface area contributed by atoms with Crippen LogP contribution in [-0.2, 0) is 14.3 Å². The highest BCUT2D eigenvalue weighted by Gasteiger charge is 2.10. The van der Waals surface area contributed by atoms with E-state index in [2.05, 4.69) is 6.92 Å². The maximum atomic E-state index is 12.4. The van der Waals surface area contributed by atoms with Crippen molar-refractivity contribution < 1.29 is 19.1 Å². The van der Waals surface area contributed by atoms with Crippen LogP contribution in [0.4, 0.5) is 0 Å². The van der Waals surface area contributed by atoms with Crippen molar-refractivity contribution in [2.75, 3.05) is 6.61 Å². The summed E-state index contributed by atoms with van der Waals surface area (Å²) in [6.45, 7) is 6.03. The summed E-state index contributed by atoms with van der Waals surface area (Å²) in [5.74, 6) is -0.545. The summed E-state index contributed by atoms with van der Waals surface area (Å²) >= 11 is 0. The van der Waals surface area contributed by atoms with E-state index in [0.29, 0.717) is 12.2 Å². The normalized spacial score (nSPS) is 11.8. The molecule has 0 aromatic heterocycles. The van der Waals surface area contributed by atoms with Crippen LogP contribution < -0.4 is 0 Å². The lowest BCUT2D eigenvalue weighted by molar-refractivity contribution is -0.145. The Morgan fingerprint density at radius 1 is 0.632 bits per heavy atom. The first kappa shape index (κ1) is 31.6. The molecule has 1 atom stereocenters. The molecule has 38 heavy (non-hydrogen) atoms. The molecule has 0 amide bonds. The van der Waals surface area contributed by atoms with Gasteiger partial charge in [-0.2, -0.15) is 0 Å². The van der Waals surface area contributed by atoms with E-state index in [-0.39, 0.29) is 18.0 Å². The van der Waals surface area contributed by atoms with Gasteiger partial charge >= 0.3 is 11.9 Å². The van der Waals surface area contributed by atoms with Crippen molar-refractivity contribution in [3.05, 3.63) is 59.7 Å². The van der Waals surface area contributed by atoms with Crippen LogP contribution in [-0.4, -0.2) is 18.5 Å². The Morgan fingerprint density at radius 2 is 1.05 bits per heavy atom. The average Bonchev–Trinajstić information content (AvgIpc) is 2.92. The van der Waals surface area contributed by atoms with Crippen LogP contribution >= 0.6 is 0 Å². The van der Waals surface area contributed by atoms with E-state index in [1.165, 1.54) is 90.4 Å². The molecule has 0 spiro atoms. The minimum Gasteiger partial charge on any atom is -0.462 e. The first-order valence-corrected chi connectivity index (χ1v) is 15.1. The van der Waals surface area contributed by atoms with E-state index < -0.39 is 0 Å². The van der Waals surface area contributed by atoms with E-state index in [9.17, 15) is 9.59 Å². The molecule has 0 radical (unpaired) electrons. The second-order valence-corrected chi connectivity index (χ2v) is 10.5. The number of unbranched alkanes of at least 4 members (excludes halogenated alkanes) is 14. The third-order valence-electron chi connectivity index (χ3n) is 7.16. The number of carbonyl (C=O) groups is 2. The summed E-state index contributed by atoms with van der Waals surface area (Å²) in [5.41, 5.74) is 3.59. The zero-order valence-corrected chi connectivity index (χ0v) is 24.1. The predicted molar refractivity (Wildman–Crippen MR) is 157 cm³/mol. The van der Waals surface area contributed by atoms with Gasteiger partial charge in [-0.1, -0.05) is 133 Å². The summed E-state index contributed by atoms with van der Waals surface area (Å²) in [6, 6.07) is 15.4. The summed E-state index contributed by atoms with van der Waals surface area (Å²) in [4.78, 5) is 23.5. The molecule has 210 valence electrons. The van der Waals surface area contributed by atoms with E-state index in [1.54, 1.807) is 0 Å². The lowest BCUT2D eigenvalue weighted by Crippen LogP contribution is -2.06. The highest BCUT2D eigenvalue weighted by Crippen LogP contribution is 2.24. The number of hydrogen-bond acceptors (Lipinski definition) is 4. The van der Waals surface area contributed by atoms with E-state index >= 15 is 0 Å². The van der Waals surface area contributed by atoms with Crippen molar-refractivity contribution in [1.29, 1.82) is 0 Å². The third kappa shape index (κ3) is 13.3. The molecule has 0 bridgehead atoms. The minimum absolute atomic E-state index is 0.257. The second-order valence-electron chi connectivity index (χ2n) is 10.5. The van der Waals surface area contributed by atoms with Gasteiger partial charge in [-0.3, -0.25) is 4.79 Å². The van der Waals surface area contributed by atoms with Gasteiger partial charge in [0.1, 0.15) is 6.10 Å². The van der Waals surface area contributed by atoms with Crippen molar-refractivity contribution in [2.45, 2.75) is 123 Å². The molecule has 0 saturated carbocycles. The highest BCUT2D eigenvalue weighted by molar-refractivity contribution is 5.90. The molecule has 2 aromatic carbocycles. The fourth-order valence-electron chi connectivity index (χ4n) is 4.78. The van der Waals surface area contributed by atoms with Gasteiger partial charge in [-0.25, -0.2) is 4.79 Å². The Bertz CT molecular complexity index is 901. The van der Waals surface area contributed by atoms with Gasteiger partial charge in [-0.05, 0) is 42.2 Å². The van der Waals surface area contributed by atoms with Crippen LogP contribution in [0.25, 0.3) is 11.1 Å². The van der Waals surface area contributed by atoms with Crippen LogP contribution in [0.1, 0.15) is 139 Å². The minimum atomic E-state index is -0.288. The van der Waals surface area contributed by atoms with Gasteiger partial charge in [0.05, 0.1) is 12.2 Å². The number of hydrogen-bond donors (Lipinski definition) is 0. The molecule has 0 fully saturated rings. The van der Waals surface area contributed by atoms with Crippen LogP contribution in [0.3, 0.4) is 0 Å². The molecule has 2 rings (SSSR count). The van der Waals surface area contributed by atoms with Crippen LogP contribution in [0, 0.1) is 0 Å². The standard InChI is InChI=1S/C34H50O4/c1-4-5-6-7-8-9-10-11-12-13-14-15-16-17-18-27-37-34(36)33-25-23-32(24-26-33)31-21-19-30(20-22-31)28(2)38-29(3)35/h19-26,28H,4-18,27H2,1-3H3. The Balaban J connectivity index is 1.52. The number of benzene rings is 2. The van der Waals surface area contributed by atoms with Crippen molar-refractivity contribution in [3.63, 3.8) is 0 Å². The van der Waals surface area contributed by atoms with E-state index in [0.717, 1.165) is 29.5 Å². The molecule has 2 aromatic rings. The zero-order valence-electron chi connectivity index (χ0n) is 24.1. The molecule has 0 aliphatic rings. The molecule has 4 nitrogen and oxygen atoms in total. The zero-order chi connectivity index (χ0) is 27.4. The highest BCUT2D eigenvalue weighted by atomic mass is 16.5.